The smallest absolute Gasteiger partial charge is 0.0406 e. The van der Waals surface area contributed by atoms with Crippen molar-refractivity contribution < 1.29 is 0 Å². The molecule has 1 aromatic rings. The lowest BCUT2D eigenvalue weighted by atomic mass is 10.2. The highest BCUT2D eigenvalue weighted by Crippen LogP contribution is 2.21. The monoisotopic (exact) mass is 229 g/mol. The summed E-state index contributed by atoms with van der Waals surface area (Å²) in [5.74, 6) is 1.13. The van der Waals surface area contributed by atoms with Gasteiger partial charge in [0.15, 0.2) is 0 Å². The molecule has 0 bridgehead atoms. The minimum absolute atomic E-state index is 0.320. The number of nitrogens with two attached hydrogens (primary N) is 1. The minimum Gasteiger partial charge on any atom is -0.328 e. The first kappa shape index (κ1) is 11.9. The molecule has 3 heteroatoms. The highest BCUT2D eigenvalue weighted by molar-refractivity contribution is 7.99. The zero-order valence-electron chi connectivity index (χ0n) is 8.37. The van der Waals surface area contributed by atoms with Gasteiger partial charge in [0.05, 0.1) is 0 Å². The summed E-state index contributed by atoms with van der Waals surface area (Å²) in [4.78, 5) is 1.28. The van der Waals surface area contributed by atoms with Crippen LogP contribution >= 0.6 is 23.4 Å². The predicted octanol–water partition coefficient (Wildman–Crippen LogP) is 3.56. The van der Waals surface area contributed by atoms with Gasteiger partial charge in [-0.05, 0) is 49.8 Å². The molecule has 1 atom stereocenters. The molecule has 0 saturated heterocycles. The Morgan fingerprint density at radius 2 is 2.00 bits per heavy atom. The van der Waals surface area contributed by atoms with E-state index in [1.807, 2.05) is 30.8 Å². The van der Waals surface area contributed by atoms with E-state index in [0.717, 1.165) is 17.2 Å². The number of benzene rings is 1. The van der Waals surface area contributed by atoms with Crippen LogP contribution in [0.1, 0.15) is 19.8 Å². The summed E-state index contributed by atoms with van der Waals surface area (Å²) >= 11 is 7.65. The Bertz CT molecular complexity index is 258. The summed E-state index contributed by atoms with van der Waals surface area (Å²) in [5.41, 5.74) is 5.67. The van der Waals surface area contributed by atoms with Crippen LogP contribution in [0.2, 0.25) is 5.02 Å². The maximum atomic E-state index is 5.79. The first-order valence-electron chi connectivity index (χ1n) is 4.82. The maximum Gasteiger partial charge on any atom is 0.0406 e. The summed E-state index contributed by atoms with van der Waals surface area (Å²) in [6.45, 7) is 2.05. The van der Waals surface area contributed by atoms with E-state index in [0.29, 0.717) is 6.04 Å². The Balaban J connectivity index is 2.21. The van der Waals surface area contributed by atoms with Crippen LogP contribution in [-0.4, -0.2) is 11.8 Å². The van der Waals surface area contributed by atoms with Crippen LogP contribution in [0.4, 0.5) is 0 Å². The van der Waals surface area contributed by atoms with E-state index in [1.54, 1.807) is 0 Å². The molecule has 1 aromatic carbocycles. The van der Waals surface area contributed by atoms with Crippen molar-refractivity contribution in [2.24, 2.45) is 5.73 Å². The number of thioether (sulfide) groups is 1. The number of halogens is 1. The van der Waals surface area contributed by atoms with Gasteiger partial charge in [-0.1, -0.05) is 11.6 Å². The van der Waals surface area contributed by atoms with Crippen LogP contribution in [0, 0.1) is 0 Å². The van der Waals surface area contributed by atoms with Crippen LogP contribution in [0.3, 0.4) is 0 Å². The third-order valence-electron chi connectivity index (χ3n) is 1.89. The van der Waals surface area contributed by atoms with Crippen molar-refractivity contribution >= 4 is 23.4 Å². The van der Waals surface area contributed by atoms with Gasteiger partial charge in [-0.25, -0.2) is 0 Å². The fraction of sp³-hybridized carbons (Fsp3) is 0.455. The summed E-state index contributed by atoms with van der Waals surface area (Å²) in [7, 11) is 0. The van der Waals surface area contributed by atoms with Crippen molar-refractivity contribution in [1.29, 1.82) is 0 Å². The zero-order valence-corrected chi connectivity index (χ0v) is 9.94. The molecule has 0 heterocycles. The number of rotatable bonds is 5. The van der Waals surface area contributed by atoms with Gasteiger partial charge >= 0.3 is 0 Å². The summed E-state index contributed by atoms with van der Waals surface area (Å²) in [6.07, 6.45) is 2.27. The molecule has 1 nitrogen and oxygen atoms in total. The number of hydrogen-bond donors (Lipinski definition) is 1. The second-order valence-corrected chi connectivity index (χ2v) is 5.03. The third kappa shape index (κ3) is 4.89. The molecule has 1 unspecified atom stereocenters. The fourth-order valence-electron chi connectivity index (χ4n) is 1.13. The van der Waals surface area contributed by atoms with Crippen molar-refractivity contribution in [2.75, 3.05) is 5.75 Å². The average Bonchev–Trinajstić information content (AvgIpc) is 2.15. The molecule has 0 saturated carbocycles. The molecule has 14 heavy (non-hydrogen) atoms. The van der Waals surface area contributed by atoms with Crippen LogP contribution in [0.25, 0.3) is 0 Å². The summed E-state index contributed by atoms with van der Waals surface area (Å²) in [6, 6.07) is 8.28. The number of hydrogen-bond acceptors (Lipinski definition) is 2. The van der Waals surface area contributed by atoms with Gasteiger partial charge in [0.2, 0.25) is 0 Å². The van der Waals surface area contributed by atoms with E-state index >= 15 is 0 Å². The van der Waals surface area contributed by atoms with Gasteiger partial charge < -0.3 is 5.73 Å². The molecule has 0 amide bonds. The molecular formula is C11H16ClNS. The summed E-state index contributed by atoms with van der Waals surface area (Å²) in [5, 5.41) is 0.796. The third-order valence-corrected chi connectivity index (χ3v) is 3.24. The topological polar surface area (TPSA) is 26.0 Å². The van der Waals surface area contributed by atoms with Gasteiger partial charge in [-0.3, -0.25) is 0 Å². The van der Waals surface area contributed by atoms with Crippen molar-refractivity contribution in [1.82, 2.24) is 0 Å². The highest BCUT2D eigenvalue weighted by Gasteiger charge is 1.96. The van der Waals surface area contributed by atoms with E-state index in [1.165, 1.54) is 11.3 Å². The lowest BCUT2D eigenvalue weighted by molar-refractivity contribution is 0.656. The lowest BCUT2D eigenvalue weighted by Gasteiger charge is -2.04. The van der Waals surface area contributed by atoms with Crippen molar-refractivity contribution in [3.05, 3.63) is 29.3 Å². The van der Waals surface area contributed by atoms with Crippen molar-refractivity contribution in [3.63, 3.8) is 0 Å². The molecule has 0 aliphatic carbocycles. The molecule has 2 N–H and O–H groups in total. The zero-order chi connectivity index (χ0) is 10.4. The van der Waals surface area contributed by atoms with Gasteiger partial charge in [0.1, 0.15) is 0 Å². The fourth-order valence-corrected chi connectivity index (χ4v) is 2.13. The van der Waals surface area contributed by atoms with Crippen LogP contribution in [-0.2, 0) is 0 Å². The van der Waals surface area contributed by atoms with E-state index < -0.39 is 0 Å². The molecule has 0 aromatic heterocycles. The van der Waals surface area contributed by atoms with Crippen molar-refractivity contribution in [2.45, 2.75) is 30.7 Å². The molecule has 1 rings (SSSR count). The Labute approximate surface area is 95.0 Å². The highest BCUT2D eigenvalue weighted by atomic mass is 35.5. The molecule has 0 radical (unpaired) electrons. The first-order chi connectivity index (χ1) is 6.68. The first-order valence-corrected chi connectivity index (χ1v) is 6.19. The predicted molar refractivity (Wildman–Crippen MR) is 65.1 cm³/mol. The van der Waals surface area contributed by atoms with Crippen LogP contribution < -0.4 is 5.73 Å². The Kier molecular flexibility index (Phi) is 5.38. The second-order valence-electron chi connectivity index (χ2n) is 3.42. The average molecular weight is 230 g/mol. The Morgan fingerprint density at radius 3 is 2.57 bits per heavy atom. The van der Waals surface area contributed by atoms with Crippen LogP contribution in [0.5, 0.6) is 0 Å². The van der Waals surface area contributed by atoms with E-state index in [9.17, 15) is 0 Å². The maximum absolute atomic E-state index is 5.79. The van der Waals surface area contributed by atoms with Gasteiger partial charge in [-0.2, -0.15) is 0 Å². The SMILES string of the molecule is CC(N)CCCSc1ccc(Cl)cc1. The van der Waals surface area contributed by atoms with Gasteiger partial charge in [0, 0.05) is 16.0 Å². The normalized spacial score (nSPS) is 12.8. The molecule has 0 fully saturated rings. The standard InChI is InChI=1S/C11H16ClNS/c1-9(13)3-2-8-14-11-6-4-10(12)5-7-11/h4-7,9H,2-3,8,13H2,1H3. The van der Waals surface area contributed by atoms with Crippen LogP contribution in [0.15, 0.2) is 29.2 Å². The molecule has 0 aliphatic heterocycles. The molecule has 0 spiro atoms. The Morgan fingerprint density at radius 1 is 1.36 bits per heavy atom. The largest absolute Gasteiger partial charge is 0.328 e. The van der Waals surface area contributed by atoms with Crippen molar-refractivity contribution in [3.8, 4) is 0 Å². The quantitative estimate of drug-likeness (QED) is 0.617. The lowest BCUT2D eigenvalue weighted by Crippen LogP contribution is -2.14. The van der Waals surface area contributed by atoms with E-state index in [4.69, 9.17) is 17.3 Å². The van der Waals surface area contributed by atoms with Gasteiger partial charge in [0.25, 0.3) is 0 Å². The molecular weight excluding hydrogens is 214 g/mol. The van der Waals surface area contributed by atoms with E-state index in [2.05, 4.69) is 12.1 Å². The second kappa shape index (κ2) is 6.33. The molecule has 0 aliphatic rings. The Hall–Kier alpha value is -0.180. The minimum atomic E-state index is 0.320. The van der Waals surface area contributed by atoms with E-state index in [-0.39, 0.29) is 0 Å². The molecule has 78 valence electrons. The summed E-state index contributed by atoms with van der Waals surface area (Å²) < 4.78 is 0. The van der Waals surface area contributed by atoms with Gasteiger partial charge in [-0.15, -0.1) is 11.8 Å².